The van der Waals surface area contributed by atoms with Crippen molar-refractivity contribution in [2.45, 2.75) is 50.7 Å². The van der Waals surface area contributed by atoms with Crippen molar-refractivity contribution in [3.63, 3.8) is 0 Å². The molecule has 208 valence electrons. The fourth-order valence-corrected chi connectivity index (χ4v) is 5.61. The van der Waals surface area contributed by atoms with Gasteiger partial charge in [0, 0.05) is 17.6 Å². The second kappa shape index (κ2) is 13.5. The van der Waals surface area contributed by atoms with E-state index in [1.165, 1.54) is 24.1 Å². The van der Waals surface area contributed by atoms with E-state index in [0.717, 1.165) is 10.7 Å². The van der Waals surface area contributed by atoms with E-state index < -0.39 is 28.5 Å². The summed E-state index contributed by atoms with van der Waals surface area (Å²) in [5, 5.41) is 3.40. The van der Waals surface area contributed by atoms with Crippen molar-refractivity contribution in [2.75, 3.05) is 18.0 Å². The maximum atomic E-state index is 14.0. The molecule has 3 aromatic carbocycles. The summed E-state index contributed by atoms with van der Waals surface area (Å²) in [6, 6.07) is 20.4. The number of ether oxygens (including phenoxy) is 1. The van der Waals surface area contributed by atoms with Gasteiger partial charge in [-0.3, -0.25) is 13.9 Å². The third kappa shape index (κ3) is 7.52. The zero-order chi connectivity index (χ0) is 28.6. The Kier molecular flexibility index (Phi) is 10.4. The average Bonchev–Trinajstić information content (AvgIpc) is 2.94. The Bertz CT molecular complexity index is 1380. The fourth-order valence-electron chi connectivity index (χ4n) is 3.95. The number of benzene rings is 3. The normalized spacial score (nSPS) is 12.7. The van der Waals surface area contributed by atoms with Gasteiger partial charge in [-0.05, 0) is 62.2 Å². The molecule has 8 nitrogen and oxygen atoms in total. The van der Waals surface area contributed by atoms with Crippen LogP contribution in [-0.2, 0) is 26.2 Å². The molecule has 0 bridgehead atoms. The molecule has 0 aliphatic heterocycles. The molecule has 2 atom stereocenters. The number of carbonyl (C=O) groups excluding carboxylic acids is 2. The number of sulfonamides is 1. The highest BCUT2D eigenvalue weighted by atomic mass is 35.5. The lowest BCUT2D eigenvalue weighted by atomic mass is 10.1. The Balaban J connectivity index is 2.05. The van der Waals surface area contributed by atoms with Crippen LogP contribution in [0.5, 0.6) is 5.75 Å². The molecule has 0 aliphatic rings. The lowest BCUT2D eigenvalue weighted by molar-refractivity contribution is -0.139. The molecule has 1 N–H and O–H groups in total. The second-order valence-corrected chi connectivity index (χ2v) is 11.4. The summed E-state index contributed by atoms with van der Waals surface area (Å²) in [4.78, 5) is 28.5. The first-order chi connectivity index (χ1) is 18.6. The minimum Gasteiger partial charge on any atom is -0.495 e. The molecular formula is C29H34ClN3O5S. The number of nitrogens with one attached hydrogen (secondary N) is 1. The molecule has 3 aromatic rings. The molecule has 39 heavy (non-hydrogen) atoms. The predicted octanol–water partition coefficient (Wildman–Crippen LogP) is 4.88. The van der Waals surface area contributed by atoms with Gasteiger partial charge in [-0.1, -0.05) is 61.0 Å². The van der Waals surface area contributed by atoms with Gasteiger partial charge < -0.3 is 15.0 Å². The van der Waals surface area contributed by atoms with Crippen LogP contribution < -0.4 is 14.4 Å². The maximum Gasteiger partial charge on any atom is 0.264 e. The summed E-state index contributed by atoms with van der Waals surface area (Å²) in [6.07, 6.45) is 0.720. The van der Waals surface area contributed by atoms with E-state index in [9.17, 15) is 18.0 Å². The summed E-state index contributed by atoms with van der Waals surface area (Å²) >= 11 is 6.18. The summed E-state index contributed by atoms with van der Waals surface area (Å²) in [6.45, 7) is 4.95. The van der Waals surface area contributed by atoms with Gasteiger partial charge >= 0.3 is 0 Å². The first-order valence-corrected chi connectivity index (χ1v) is 14.4. The number of rotatable bonds is 12. The highest BCUT2D eigenvalue weighted by Crippen LogP contribution is 2.32. The van der Waals surface area contributed by atoms with Crippen molar-refractivity contribution in [2.24, 2.45) is 0 Å². The van der Waals surface area contributed by atoms with E-state index >= 15 is 0 Å². The fraction of sp³-hybridized carbons (Fsp3) is 0.310. The van der Waals surface area contributed by atoms with Gasteiger partial charge in [-0.25, -0.2) is 8.42 Å². The Morgan fingerprint density at radius 2 is 1.64 bits per heavy atom. The predicted molar refractivity (Wildman–Crippen MR) is 153 cm³/mol. The van der Waals surface area contributed by atoms with Crippen LogP contribution in [0.25, 0.3) is 0 Å². The van der Waals surface area contributed by atoms with Crippen LogP contribution in [0.3, 0.4) is 0 Å². The molecule has 10 heteroatoms. The highest BCUT2D eigenvalue weighted by Gasteiger charge is 2.33. The largest absolute Gasteiger partial charge is 0.495 e. The van der Waals surface area contributed by atoms with Crippen molar-refractivity contribution in [1.29, 1.82) is 0 Å². The average molecular weight is 572 g/mol. The number of hydrogen-bond acceptors (Lipinski definition) is 5. The smallest absolute Gasteiger partial charge is 0.264 e. The Morgan fingerprint density at radius 1 is 0.974 bits per heavy atom. The van der Waals surface area contributed by atoms with Crippen LogP contribution in [0.2, 0.25) is 5.02 Å². The number of halogens is 1. The topological polar surface area (TPSA) is 96.0 Å². The number of amides is 2. The summed E-state index contributed by atoms with van der Waals surface area (Å²) in [5.74, 6) is -0.615. The number of methoxy groups -OCH3 is 1. The van der Waals surface area contributed by atoms with Crippen molar-refractivity contribution in [1.82, 2.24) is 10.2 Å². The van der Waals surface area contributed by atoms with Crippen LogP contribution in [0.1, 0.15) is 32.8 Å². The van der Waals surface area contributed by atoms with Crippen LogP contribution in [0.4, 0.5) is 5.69 Å². The number of para-hydroxylation sites is 2. The molecule has 0 aliphatic carbocycles. The third-order valence-electron chi connectivity index (χ3n) is 6.37. The second-order valence-electron chi connectivity index (χ2n) is 9.14. The molecule has 0 fully saturated rings. The van der Waals surface area contributed by atoms with Crippen LogP contribution in [0.15, 0.2) is 83.8 Å². The molecule has 2 amide bonds. The summed E-state index contributed by atoms with van der Waals surface area (Å²) in [7, 11) is -2.75. The Labute approximate surface area is 235 Å². The number of carbonyl (C=O) groups is 2. The van der Waals surface area contributed by atoms with Gasteiger partial charge in [0.25, 0.3) is 10.0 Å². The van der Waals surface area contributed by atoms with Gasteiger partial charge in [0.15, 0.2) is 0 Å². The zero-order valence-corrected chi connectivity index (χ0v) is 24.1. The molecule has 0 aromatic heterocycles. The van der Waals surface area contributed by atoms with E-state index in [1.54, 1.807) is 73.7 Å². The van der Waals surface area contributed by atoms with Gasteiger partial charge in [-0.15, -0.1) is 0 Å². The van der Waals surface area contributed by atoms with E-state index in [-0.39, 0.29) is 34.8 Å². The van der Waals surface area contributed by atoms with Gasteiger partial charge in [0.1, 0.15) is 18.3 Å². The monoisotopic (exact) mass is 571 g/mol. The van der Waals surface area contributed by atoms with Crippen LogP contribution in [-0.4, -0.2) is 50.9 Å². The zero-order valence-electron chi connectivity index (χ0n) is 22.5. The Hall–Kier alpha value is -3.56. The minimum absolute atomic E-state index is 0.0210. The van der Waals surface area contributed by atoms with Crippen LogP contribution >= 0.6 is 11.6 Å². The molecule has 0 heterocycles. The molecule has 0 saturated carbocycles. The first kappa shape index (κ1) is 30.0. The molecular weight excluding hydrogens is 538 g/mol. The van der Waals surface area contributed by atoms with Gasteiger partial charge in [-0.2, -0.15) is 0 Å². The standard InChI is InChI=1S/C29H34ClN3O5S/c1-5-21(2)31-29(35)22(3)32(19-23-12-11-13-24(30)18-23)28(34)20-33(26-16-9-10-17-27(26)38-4)39(36,37)25-14-7-6-8-15-25/h6-18,21-22H,5,19-20H2,1-4H3,(H,31,35)/t21-,22-/m1/s1. The van der Waals surface area contributed by atoms with Crippen molar-refractivity contribution >= 4 is 39.1 Å². The summed E-state index contributed by atoms with van der Waals surface area (Å²) in [5.41, 5.74) is 0.908. The maximum absolute atomic E-state index is 14.0. The number of nitrogens with zero attached hydrogens (tertiary/aromatic N) is 2. The highest BCUT2D eigenvalue weighted by molar-refractivity contribution is 7.92. The van der Waals surface area contributed by atoms with E-state index in [1.807, 2.05) is 13.8 Å². The lowest BCUT2D eigenvalue weighted by Gasteiger charge is -2.32. The van der Waals surface area contributed by atoms with E-state index in [0.29, 0.717) is 10.6 Å². The van der Waals surface area contributed by atoms with Crippen molar-refractivity contribution < 1.29 is 22.7 Å². The molecule has 3 rings (SSSR count). The van der Waals surface area contributed by atoms with Gasteiger partial charge in [0.2, 0.25) is 11.8 Å². The van der Waals surface area contributed by atoms with Crippen LogP contribution in [0, 0.1) is 0 Å². The quantitative estimate of drug-likeness (QED) is 0.334. The Morgan fingerprint density at radius 3 is 2.28 bits per heavy atom. The molecule has 0 saturated heterocycles. The van der Waals surface area contributed by atoms with Crippen molar-refractivity contribution in [3.8, 4) is 5.75 Å². The summed E-state index contributed by atoms with van der Waals surface area (Å²) < 4.78 is 34.2. The number of hydrogen-bond donors (Lipinski definition) is 1. The molecule has 0 unspecified atom stereocenters. The molecule has 0 radical (unpaired) electrons. The van der Waals surface area contributed by atoms with Crippen molar-refractivity contribution in [3.05, 3.63) is 89.4 Å². The van der Waals surface area contributed by atoms with E-state index in [4.69, 9.17) is 16.3 Å². The molecule has 0 spiro atoms. The number of anilines is 1. The first-order valence-electron chi connectivity index (χ1n) is 12.6. The van der Waals surface area contributed by atoms with Gasteiger partial charge in [0.05, 0.1) is 17.7 Å². The lowest BCUT2D eigenvalue weighted by Crippen LogP contribution is -2.52. The van der Waals surface area contributed by atoms with E-state index in [2.05, 4.69) is 5.32 Å². The SMILES string of the molecule is CC[C@@H](C)NC(=O)[C@@H](C)N(Cc1cccc(Cl)c1)C(=O)CN(c1ccccc1OC)S(=O)(=O)c1ccccc1. The minimum atomic E-state index is -4.18. The third-order valence-corrected chi connectivity index (χ3v) is 8.38.